The van der Waals surface area contributed by atoms with Crippen LogP contribution in [-0.4, -0.2) is 16.3 Å². The summed E-state index contributed by atoms with van der Waals surface area (Å²) in [5.74, 6) is 0.527. The first-order valence-electron chi connectivity index (χ1n) is 5.01. The molecule has 0 aromatic carbocycles. The average Bonchev–Trinajstić information content (AvgIpc) is 2.54. The van der Waals surface area contributed by atoms with Crippen LogP contribution in [0.4, 0.5) is 0 Å². The third-order valence-electron chi connectivity index (χ3n) is 2.29. The van der Waals surface area contributed by atoms with E-state index in [1.165, 1.54) is 5.69 Å². The van der Waals surface area contributed by atoms with E-state index in [9.17, 15) is 0 Å². The Morgan fingerprint density at radius 2 is 2.38 bits per heavy atom. The third kappa shape index (κ3) is 2.56. The van der Waals surface area contributed by atoms with Crippen LogP contribution in [0.1, 0.15) is 38.3 Å². The Morgan fingerprint density at radius 1 is 1.62 bits per heavy atom. The molecule has 1 atom stereocenters. The van der Waals surface area contributed by atoms with Crippen molar-refractivity contribution in [2.45, 2.75) is 39.2 Å². The highest BCUT2D eigenvalue weighted by Crippen LogP contribution is 2.17. The lowest BCUT2D eigenvalue weighted by Crippen LogP contribution is -2.10. The summed E-state index contributed by atoms with van der Waals surface area (Å²) in [4.78, 5) is 0. The Labute approximate surface area is 79.9 Å². The van der Waals surface area contributed by atoms with Gasteiger partial charge in [0.05, 0.1) is 0 Å². The standard InChI is InChI=1S/C10H19N3/c1-3-8-13-10(5-7-12-13)9(2)4-6-11/h5,7,9H,3-4,6,8,11H2,1-2H3. The number of aromatic nitrogens is 2. The number of nitrogens with zero attached hydrogens (tertiary/aromatic N) is 2. The molecule has 1 unspecified atom stereocenters. The first-order chi connectivity index (χ1) is 6.29. The highest BCUT2D eigenvalue weighted by molar-refractivity contribution is 5.06. The van der Waals surface area contributed by atoms with Crippen molar-refractivity contribution >= 4 is 0 Å². The van der Waals surface area contributed by atoms with Crippen molar-refractivity contribution in [1.82, 2.24) is 9.78 Å². The number of rotatable bonds is 5. The first kappa shape index (κ1) is 10.3. The minimum atomic E-state index is 0.527. The minimum absolute atomic E-state index is 0.527. The van der Waals surface area contributed by atoms with Gasteiger partial charge in [0.2, 0.25) is 0 Å². The van der Waals surface area contributed by atoms with Crippen LogP contribution in [0.15, 0.2) is 12.3 Å². The van der Waals surface area contributed by atoms with Gasteiger partial charge in [-0.25, -0.2) is 0 Å². The molecule has 0 aliphatic carbocycles. The SMILES string of the molecule is CCCn1nccc1C(C)CCN. The molecule has 1 aromatic rings. The lowest BCUT2D eigenvalue weighted by Gasteiger charge is -2.12. The highest BCUT2D eigenvalue weighted by atomic mass is 15.3. The maximum absolute atomic E-state index is 5.53. The molecule has 0 bridgehead atoms. The number of nitrogens with two attached hydrogens (primary N) is 1. The van der Waals surface area contributed by atoms with Gasteiger partial charge >= 0.3 is 0 Å². The number of aryl methyl sites for hydroxylation is 1. The van der Waals surface area contributed by atoms with Crippen LogP contribution < -0.4 is 5.73 Å². The van der Waals surface area contributed by atoms with E-state index in [4.69, 9.17) is 5.73 Å². The Morgan fingerprint density at radius 3 is 3.00 bits per heavy atom. The van der Waals surface area contributed by atoms with Crippen LogP contribution in [0.5, 0.6) is 0 Å². The molecular formula is C10H19N3. The molecule has 2 N–H and O–H groups in total. The van der Waals surface area contributed by atoms with Crippen LogP contribution in [-0.2, 0) is 6.54 Å². The predicted octanol–water partition coefficient (Wildman–Crippen LogP) is 1.75. The van der Waals surface area contributed by atoms with Crippen molar-refractivity contribution in [2.24, 2.45) is 5.73 Å². The molecule has 0 aliphatic heterocycles. The van der Waals surface area contributed by atoms with E-state index in [1.54, 1.807) is 0 Å². The smallest absolute Gasteiger partial charge is 0.0492 e. The molecule has 1 aromatic heterocycles. The zero-order valence-corrected chi connectivity index (χ0v) is 8.53. The van der Waals surface area contributed by atoms with Crippen molar-refractivity contribution in [3.63, 3.8) is 0 Å². The minimum Gasteiger partial charge on any atom is -0.330 e. The maximum Gasteiger partial charge on any atom is 0.0492 e. The fourth-order valence-corrected chi connectivity index (χ4v) is 1.56. The van der Waals surface area contributed by atoms with Crippen LogP contribution >= 0.6 is 0 Å². The van der Waals surface area contributed by atoms with Crippen molar-refractivity contribution in [2.75, 3.05) is 6.54 Å². The predicted molar refractivity (Wildman–Crippen MR) is 54.6 cm³/mol. The molecule has 0 aliphatic rings. The summed E-state index contributed by atoms with van der Waals surface area (Å²) in [6, 6.07) is 2.09. The second-order valence-corrected chi connectivity index (χ2v) is 3.46. The molecule has 3 nitrogen and oxygen atoms in total. The molecule has 0 radical (unpaired) electrons. The highest BCUT2D eigenvalue weighted by Gasteiger charge is 2.09. The van der Waals surface area contributed by atoms with Gasteiger partial charge in [-0.1, -0.05) is 13.8 Å². The Bertz CT molecular complexity index is 242. The molecule has 74 valence electrons. The molecule has 0 spiro atoms. The molecule has 1 heterocycles. The quantitative estimate of drug-likeness (QED) is 0.752. The zero-order valence-electron chi connectivity index (χ0n) is 8.53. The van der Waals surface area contributed by atoms with Gasteiger partial charge in [-0.3, -0.25) is 4.68 Å². The third-order valence-corrected chi connectivity index (χ3v) is 2.29. The van der Waals surface area contributed by atoms with E-state index in [0.717, 1.165) is 25.9 Å². The van der Waals surface area contributed by atoms with Gasteiger partial charge in [0.25, 0.3) is 0 Å². The molecule has 0 saturated heterocycles. The molecule has 3 heteroatoms. The van der Waals surface area contributed by atoms with E-state index >= 15 is 0 Å². The topological polar surface area (TPSA) is 43.8 Å². The van der Waals surface area contributed by atoms with Gasteiger partial charge in [-0.05, 0) is 31.4 Å². The zero-order chi connectivity index (χ0) is 9.68. The lowest BCUT2D eigenvalue weighted by atomic mass is 10.0. The largest absolute Gasteiger partial charge is 0.330 e. The first-order valence-corrected chi connectivity index (χ1v) is 5.01. The number of hydrogen-bond acceptors (Lipinski definition) is 2. The molecule has 0 amide bonds. The summed E-state index contributed by atoms with van der Waals surface area (Å²) in [7, 11) is 0. The van der Waals surface area contributed by atoms with Gasteiger partial charge in [-0.15, -0.1) is 0 Å². The second-order valence-electron chi connectivity index (χ2n) is 3.46. The molecule has 1 rings (SSSR count). The summed E-state index contributed by atoms with van der Waals surface area (Å²) >= 11 is 0. The van der Waals surface area contributed by atoms with E-state index in [-0.39, 0.29) is 0 Å². The fourth-order valence-electron chi connectivity index (χ4n) is 1.56. The van der Waals surface area contributed by atoms with Gasteiger partial charge < -0.3 is 5.73 Å². The molecule has 0 fully saturated rings. The maximum atomic E-state index is 5.53. The summed E-state index contributed by atoms with van der Waals surface area (Å²) in [6.07, 6.45) is 4.04. The van der Waals surface area contributed by atoms with E-state index in [1.807, 2.05) is 6.20 Å². The Balaban J connectivity index is 2.68. The van der Waals surface area contributed by atoms with Crippen LogP contribution in [0.2, 0.25) is 0 Å². The molecular weight excluding hydrogens is 162 g/mol. The summed E-state index contributed by atoms with van der Waals surface area (Å²) < 4.78 is 2.08. The second kappa shape index (κ2) is 5.02. The Kier molecular flexibility index (Phi) is 3.96. The van der Waals surface area contributed by atoms with Gasteiger partial charge in [0.1, 0.15) is 0 Å². The van der Waals surface area contributed by atoms with Crippen LogP contribution in [0.3, 0.4) is 0 Å². The van der Waals surface area contributed by atoms with Gasteiger partial charge in [0.15, 0.2) is 0 Å². The molecule has 13 heavy (non-hydrogen) atoms. The summed E-state index contributed by atoms with van der Waals surface area (Å²) in [5.41, 5.74) is 6.84. The monoisotopic (exact) mass is 181 g/mol. The van der Waals surface area contributed by atoms with Gasteiger partial charge in [0, 0.05) is 18.4 Å². The van der Waals surface area contributed by atoms with Crippen LogP contribution in [0, 0.1) is 0 Å². The molecule has 0 saturated carbocycles. The van der Waals surface area contributed by atoms with Crippen molar-refractivity contribution in [3.8, 4) is 0 Å². The number of hydrogen-bond donors (Lipinski definition) is 1. The van der Waals surface area contributed by atoms with E-state index in [2.05, 4.69) is 29.7 Å². The van der Waals surface area contributed by atoms with Crippen molar-refractivity contribution < 1.29 is 0 Å². The van der Waals surface area contributed by atoms with Gasteiger partial charge in [-0.2, -0.15) is 5.10 Å². The van der Waals surface area contributed by atoms with Crippen molar-refractivity contribution in [1.29, 1.82) is 0 Å². The normalized spacial score (nSPS) is 13.2. The van der Waals surface area contributed by atoms with E-state index in [0.29, 0.717) is 5.92 Å². The summed E-state index contributed by atoms with van der Waals surface area (Å²) in [5, 5.41) is 4.29. The summed E-state index contributed by atoms with van der Waals surface area (Å²) in [6.45, 7) is 6.13. The Hall–Kier alpha value is -0.830. The lowest BCUT2D eigenvalue weighted by molar-refractivity contribution is 0.535. The fraction of sp³-hybridized carbons (Fsp3) is 0.700. The van der Waals surface area contributed by atoms with E-state index < -0.39 is 0 Å². The van der Waals surface area contributed by atoms with Crippen molar-refractivity contribution in [3.05, 3.63) is 18.0 Å². The average molecular weight is 181 g/mol. The van der Waals surface area contributed by atoms with Crippen LogP contribution in [0.25, 0.3) is 0 Å².